The van der Waals surface area contributed by atoms with Crippen LogP contribution in [0.2, 0.25) is 0 Å². The number of rotatable bonds is 1. The Hall–Kier alpha value is -1.49. The Kier molecular flexibility index (Phi) is 4.01. The zero-order valence-electron chi connectivity index (χ0n) is 18.6. The van der Waals surface area contributed by atoms with Gasteiger partial charge in [-0.1, -0.05) is 41.2 Å². The van der Waals surface area contributed by atoms with E-state index in [4.69, 9.17) is 4.74 Å². The SMILES string of the molecule is C=C1[C@]2(C(=O)OC)C(=O)[C@@H](O)[C@@]1(C)CC1[C@@]3(C)CCC(=O)C(C)(C)C3CC[C@]12C. The zero-order chi connectivity index (χ0) is 21.8. The fourth-order valence-electron chi connectivity index (χ4n) is 8.39. The minimum atomic E-state index is -1.52. The number of hydrogen-bond acceptors (Lipinski definition) is 5. The zero-order valence-corrected chi connectivity index (χ0v) is 18.6. The molecule has 0 aromatic heterocycles. The molecule has 0 aliphatic heterocycles. The lowest BCUT2D eigenvalue weighted by Gasteiger charge is -2.67. The number of esters is 1. The second-order valence-electron chi connectivity index (χ2n) is 11.3. The van der Waals surface area contributed by atoms with Crippen LogP contribution in [0.5, 0.6) is 0 Å². The maximum absolute atomic E-state index is 13.6. The molecule has 0 aromatic rings. The van der Waals surface area contributed by atoms with Crippen LogP contribution in [0.25, 0.3) is 0 Å². The predicted molar refractivity (Wildman–Crippen MR) is 108 cm³/mol. The smallest absolute Gasteiger partial charge is 0.324 e. The molecule has 5 heteroatoms. The van der Waals surface area contributed by atoms with E-state index >= 15 is 0 Å². The van der Waals surface area contributed by atoms with Crippen molar-refractivity contribution >= 4 is 17.5 Å². The minimum absolute atomic E-state index is 0.0109. The number of carbonyl (C=O) groups excluding carboxylic acids is 3. The number of carbonyl (C=O) groups is 3. The number of aliphatic hydroxyl groups is 1. The van der Waals surface area contributed by atoms with Gasteiger partial charge in [0.05, 0.1) is 7.11 Å². The lowest BCUT2D eigenvalue weighted by atomic mass is 9.35. The molecular formula is C24H34O5. The Balaban J connectivity index is 1.97. The highest BCUT2D eigenvalue weighted by molar-refractivity contribution is 6.13. The summed E-state index contributed by atoms with van der Waals surface area (Å²) >= 11 is 0. The molecule has 4 saturated carbocycles. The van der Waals surface area contributed by atoms with Gasteiger partial charge in [-0.2, -0.15) is 0 Å². The van der Waals surface area contributed by atoms with Crippen molar-refractivity contribution in [2.75, 3.05) is 7.11 Å². The number of ether oxygens (including phenoxy) is 1. The summed E-state index contributed by atoms with van der Waals surface area (Å²) in [6.07, 6.45) is 2.03. The number of fused-ring (bicyclic) bond motifs is 6. The second-order valence-corrected chi connectivity index (χ2v) is 11.3. The van der Waals surface area contributed by atoms with Crippen LogP contribution in [0.4, 0.5) is 0 Å². The van der Waals surface area contributed by atoms with Gasteiger partial charge in [0.1, 0.15) is 11.9 Å². The maximum atomic E-state index is 13.6. The van der Waals surface area contributed by atoms with Gasteiger partial charge in [-0.15, -0.1) is 0 Å². The number of methoxy groups -OCH3 is 1. The van der Waals surface area contributed by atoms with E-state index in [1.54, 1.807) is 0 Å². The lowest BCUT2D eigenvalue weighted by molar-refractivity contribution is -0.198. The topological polar surface area (TPSA) is 80.7 Å². The van der Waals surface area contributed by atoms with Crippen LogP contribution >= 0.6 is 0 Å². The van der Waals surface area contributed by atoms with E-state index in [-0.39, 0.29) is 17.3 Å². The molecule has 2 bridgehead atoms. The van der Waals surface area contributed by atoms with Crippen molar-refractivity contribution in [3.63, 3.8) is 0 Å². The molecule has 0 saturated heterocycles. The van der Waals surface area contributed by atoms with E-state index in [0.717, 1.165) is 12.8 Å². The summed E-state index contributed by atoms with van der Waals surface area (Å²) < 4.78 is 5.20. The molecule has 2 unspecified atom stereocenters. The van der Waals surface area contributed by atoms with Gasteiger partial charge < -0.3 is 9.84 Å². The Bertz CT molecular complexity index is 842. The monoisotopic (exact) mass is 402 g/mol. The molecule has 4 fully saturated rings. The van der Waals surface area contributed by atoms with Crippen molar-refractivity contribution < 1.29 is 24.2 Å². The van der Waals surface area contributed by atoms with E-state index < -0.39 is 39.5 Å². The normalized spacial score (nSPS) is 50.7. The molecule has 29 heavy (non-hydrogen) atoms. The van der Waals surface area contributed by atoms with Crippen LogP contribution in [-0.2, 0) is 19.1 Å². The van der Waals surface area contributed by atoms with Crippen molar-refractivity contribution in [2.45, 2.75) is 72.8 Å². The van der Waals surface area contributed by atoms with E-state index in [2.05, 4.69) is 13.5 Å². The van der Waals surface area contributed by atoms with Crippen LogP contribution < -0.4 is 0 Å². The van der Waals surface area contributed by atoms with Crippen molar-refractivity contribution in [1.29, 1.82) is 0 Å². The molecular weight excluding hydrogens is 368 g/mol. The summed E-state index contributed by atoms with van der Waals surface area (Å²) in [5.41, 5.74) is -3.17. The molecule has 160 valence electrons. The molecule has 4 rings (SSSR count). The summed E-state index contributed by atoms with van der Waals surface area (Å²) in [7, 11) is 1.31. The van der Waals surface area contributed by atoms with Gasteiger partial charge in [-0.05, 0) is 53.9 Å². The van der Waals surface area contributed by atoms with Crippen molar-refractivity contribution in [1.82, 2.24) is 0 Å². The van der Waals surface area contributed by atoms with Crippen LogP contribution in [0, 0.1) is 38.9 Å². The van der Waals surface area contributed by atoms with Crippen molar-refractivity contribution in [3.8, 4) is 0 Å². The van der Waals surface area contributed by atoms with Gasteiger partial charge in [-0.3, -0.25) is 14.4 Å². The lowest BCUT2D eigenvalue weighted by Crippen LogP contribution is -2.66. The Labute approximate surface area is 173 Å². The highest BCUT2D eigenvalue weighted by atomic mass is 16.5. The first-order chi connectivity index (χ1) is 13.3. The highest BCUT2D eigenvalue weighted by Gasteiger charge is 2.80. The van der Waals surface area contributed by atoms with E-state index in [1.165, 1.54) is 7.11 Å². The van der Waals surface area contributed by atoms with Crippen molar-refractivity contribution in [3.05, 3.63) is 12.2 Å². The number of hydrogen-bond donors (Lipinski definition) is 1. The third-order valence-electron chi connectivity index (χ3n) is 10.1. The minimum Gasteiger partial charge on any atom is -0.468 e. The standard InChI is InChI=1S/C24H34O5/c1-13-22(5)12-15-21(4)10-9-16(25)20(2,3)14(21)8-11-23(15,6)24(13,19(28)29-7)18(27)17(22)26/h14-15,17,26H,1,8-12H2,2-7H3/t14?,15?,17-,21+,22+,23-,24-/m1/s1. The summed E-state index contributed by atoms with van der Waals surface area (Å²) in [5, 5.41) is 11.0. The van der Waals surface area contributed by atoms with Gasteiger partial charge in [0, 0.05) is 17.3 Å². The fourth-order valence-corrected chi connectivity index (χ4v) is 8.39. The van der Waals surface area contributed by atoms with Crippen LogP contribution in [-0.4, -0.2) is 35.9 Å². The summed E-state index contributed by atoms with van der Waals surface area (Å²) in [5.74, 6) is -0.537. The Morgan fingerprint density at radius 3 is 2.31 bits per heavy atom. The third-order valence-corrected chi connectivity index (χ3v) is 10.1. The summed E-state index contributed by atoms with van der Waals surface area (Å²) in [6, 6.07) is 0. The van der Waals surface area contributed by atoms with Crippen LogP contribution in [0.15, 0.2) is 12.2 Å². The second kappa shape index (κ2) is 5.60. The van der Waals surface area contributed by atoms with Gasteiger partial charge in [0.15, 0.2) is 11.2 Å². The molecule has 0 amide bonds. The molecule has 0 aromatic carbocycles. The average Bonchev–Trinajstić information content (AvgIpc) is 2.76. The first-order valence-corrected chi connectivity index (χ1v) is 10.8. The number of Topliss-reactive ketones (excluding diaryl/α,β-unsaturated/α-hetero) is 2. The Morgan fingerprint density at radius 1 is 1.10 bits per heavy atom. The molecule has 4 aliphatic carbocycles. The molecule has 1 N–H and O–H groups in total. The molecule has 7 atom stereocenters. The molecule has 0 radical (unpaired) electrons. The van der Waals surface area contributed by atoms with Gasteiger partial charge in [0.2, 0.25) is 0 Å². The van der Waals surface area contributed by atoms with Gasteiger partial charge >= 0.3 is 5.97 Å². The molecule has 0 heterocycles. The van der Waals surface area contributed by atoms with Gasteiger partial charge in [0.25, 0.3) is 0 Å². The van der Waals surface area contributed by atoms with E-state index in [1.807, 2.05) is 27.7 Å². The number of ketones is 2. The highest BCUT2D eigenvalue weighted by Crippen LogP contribution is 2.77. The van der Waals surface area contributed by atoms with Crippen molar-refractivity contribution in [2.24, 2.45) is 38.9 Å². The maximum Gasteiger partial charge on any atom is 0.324 e. The quantitative estimate of drug-likeness (QED) is 0.413. The summed E-state index contributed by atoms with van der Waals surface area (Å²) in [4.78, 5) is 39.6. The molecule has 4 aliphatic rings. The van der Waals surface area contributed by atoms with E-state index in [0.29, 0.717) is 30.6 Å². The predicted octanol–water partition coefficient (Wildman–Crippen LogP) is 3.48. The summed E-state index contributed by atoms with van der Waals surface area (Å²) in [6.45, 7) is 14.5. The largest absolute Gasteiger partial charge is 0.468 e. The Morgan fingerprint density at radius 2 is 1.72 bits per heavy atom. The third kappa shape index (κ3) is 1.94. The first-order valence-electron chi connectivity index (χ1n) is 10.8. The molecule has 5 nitrogen and oxygen atoms in total. The average molecular weight is 403 g/mol. The first kappa shape index (κ1) is 20.8. The number of aliphatic hydroxyl groups excluding tert-OH is 1. The van der Waals surface area contributed by atoms with E-state index in [9.17, 15) is 19.5 Å². The van der Waals surface area contributed by atoms with Crippen LogP contribution in [0.3, 0.4) is 0 Å². The van der Waals surface area contributed by atoms with Gasteiger partial charge in [-0.25, -0.2) is 0 Å². The fraction of sp³-hybridized carbons (Fsp3) is 0.792. The molecule has 0 spiro atoms. The van der Waals surface area contributed by atoms with Crippen LogP contribution in [0.1, 0.15) is 66.7 Å².